The molecular formula is C27H25BrN2O3. The molecule has 33 heavy (non-hydrogen) atoms. The SMILES string of the molecule is CCOc1cc(/C=C(\C#N)C(=O)Nc2ccc(C)cc2)cc(Br)c1OCc1ccccc1C. The fraction of sp³-hybridized carbons (Fsp3) is 0.185. The Morgan fingerprint density at radius 3 is 2.48 bits per heavy atom. The summed E-state index contributed by atoms with van der Waals surface area (Å²) in [6.45, 7) is 6.73. The molecule has 0 unspecified atom stereocenters. The molecule has 0 aromatic heterocycles. The Kier molecular flexibility index (Phi) is 8.28. The quantitative estimate of drug-likeness (QED) is 0.277. The molecule has 1 N–H and O–H groups in total. The van der Waals surface area contributed by atoms with Crippen LogP contribution >= 0.6 is 15.9 Å². The number of carbonyl (C=O) groups excluding carboxylic acids is 1. The molecule has 3 rings (SSSR count). The van der Waals surface area contributed by atoms with Gasteiger partial charge in [0.05, 0.1) is 11.1 Å². The molecule has 1 amide bonds. The van der Waals surface area contributed by atoms with E-state index < -0.39 is 5.91 Å². The highest BCUT2D eigenvalue weighted by Gasteiger charge is 2.15. The van der Waals surface area contributed by atoms with Crippen LogP contribution in [0.2, 0.25) is 0 Å². The van der Waals surface area contributed by atoms with Crippen molar-refractivity contribution in [2.45, 2.75) is 27.4 Å². The van der Waals surface area contributed by atoms with Gasteiger partial charge in [0.1, 0.15) is 18.2 Å². The van der Waals surface area contributed by atoms with E-state index in [2.05, 4.69) is 21.2 Å². The number of hydrogen-bond acceptors (Lipinski definition) is 4. The van der Waals surface area contributed by atoms with Gasteiger partial charge in [0.15, 0.2) is 11.5 Å². The first-order valence-electron chi connectivity index (χ1n) is 10.5. The molecule has 0 aliphatic carbocycles. The van der Waals surface area contributed by atoms with Crippen molar-refractivity contribution in [2.24, 2.45) is 0 Å². The second-order valence-electron chi connectivity index (χ2n) is 7.47. The summed E-state index contributed by atoms with van der Waals surface area (Å²) in [5, 5.41) is 12.3. The number of hydrogen-bond donors (Lipinski definition) is 1. The number of rotatable bonds is 8. The smallest absolute Gasteiger partial charge is 0.266 e. The van der Waals surface area contributed by atoms with Gasteiger partial charge < -0.3 is 14.8 Å². The molecule has 0 atom stereocenters. The number of ether oxygens (including phenoxy) is 2. The van der Waals surface area contributed by atoms with E-state index >= 15 is 0 Å². The Bertz CT molecular complexity index is 1210. The average molecular weight is 505 g/mol. The normalized spacial score (nSPS) is 10.9. The molecule has 6 heteroatoms. The summed E-state index contributed by atoms with van der Waals surface area (Å²) in [4.78, 5) is 12.6. The lowest BCUT2D eigenvalue weighted by Gasteiger charge is -2.15. The summed E-state index contributed by atoms with van der Waals surface area (Å²) in [5.41, 5.74) is 4.56. The van der Waals surface area contributed by atoms with Crippen LogP contribution in [0.25, 0.3) is 6.08 Å². The third-order valence-electron chi connectivity index (χ3n) is 4.95. The number of benzene rings is 3. The first-order valence-corrected chi connectivity index (χ1v) is 11.3. The van der Waals surface area contributed by atoms with Gasteiger partial charge in [-0.25, -0.2) is 0 Å². The summed E-state index contributed by atoms with van der Waals surface area (Å²) in [5.74, 6) is 0.623. The molecule has 0 bridgehead atoms. The van der Waals surface area contributed by atoms with Gasteiger partial charge in [-0.15, -0.1) is 0 Å². The second kappa shape index (κ2) is 11.3. The van der Waals surface area contributed by atoms with Crippen molar-refractivity contribution in [1.82, 2.24) is 0 Å². The van der Waals surface area contributed by atoms with Crippen LogP contribution in [0.4, 0.5) is 5.69 Å². The summed E-state index contributed by atoms with van der Waals surface area (Å²) in [6.07, 6.45) is 1.53. The number of carbonyl (C=O) groups is 1. The maximum atomic E-state index is 12.6. The van der Waals surface area contributed by atoms with Gasteiger partial charge in [-0.05, 0) is 83.7 Å². The molecule has 0 saturated carbocycles. The number of nitriles is 1. The molecule has 0 spiro atoms. The van der Waals surface area contributed by atoms with Crippen LogP contribution in [0.1, 0.15) is 29.2 Å². The predicted octanol–water partition coefficient (Wildman–Crippen LogP) is 6.59. The van der Waals surface area contributed by atoms with Crippen molar-refractivity contribution in [2.75, 3.05) is 11.9 Å². The molecule has 0 saturated heterocycles. The number of anilines is 1. The van der Waals surface area contributed by atoms with Crippen LogP contribution in [0.15, 0.2) is 70.7 Å². The zero-order chi connectivity index (χ0) is 23.8. The van der Waals surface area contributed by atoms with E-state index in [-0.39, 0.29) is 5.57 Å². The zero-order valence-electron chi connectivity index (χ0n) is 18.8. The highest BCUT2D eigenvalue weighted by Crippen LogP contribution is 2.38. The molecule has 5 nitrogen and oxygen atoms in total. The van der Waals surface area contributed by atoms with Gasteiger partial charge >= 0.3 is 0 Å². The van der Waals surface area contributed by atoms with E-state index in [9.17, 15) is 10.1 Å². The molecule has 0 aliphatic heterocycles. The maximum absolute atomic E-state index is 12.6. The number of aryl methyl sites for hydroxylation is 2. The van der Waals surface area contributed by atoms with E-state index in [0.29, 0.717) is 40.4 Å². The van der Waals surface area contributed by atoms with E-state index in [1.807, 2.05) is 63.2 Å². The second-order valence-corrected chi connectivity index (χ2v) is 8.32. The maximum Gasteiger partial charge on any atom is 0.266 e. The van der Waals surface area contributed by atoms with Crippen LogP contribution in [0, 0.1) is 25.2 Å². The van der Waals surface area contributed by atoms with Crippen molar-refractivity contribution in [3.8, 4) is 17.6 Å². The first kappa shape index (κ1) is 24.1. The van der Waals surface area contributed by atoms with E-state index in [1.54, 1.807) is 24.3 Å². The van der Waals surface area contributed by atoms with Crippen LogP contribution < -0.4 is 14.8 Å². The van der Waals surface area contributed by atoms with E-state index in [4.69, 9.17) is 9.47 Å². The molecule has 0 fully saturated rings. The Labute approximate surface area is 202 Å². The minimum atomic E-state index is -0.477. The predicted molar refractivity (Wildman–Crippen MR) is 134 cm³/mol. The Morgan fingerprint density at radius 1 is 1.09 bits per heavy atom. The van der Waals surface area contributed by atoms with Crippen LogP contribution in [-0.4, -0.2) is 12.5 Å². The molecule has 0 aliphatic rings. The fourth-order valence-corrected chi connectivity index (χ4v) is 3.72. The molecule has 0 heterocycles. The van der Waals surface area contributed by atoms with Crippen LogP contribution in [0.5, 0.6) is 11.5 Å². The highest BCUT2D eigenvalue weighted by molar-refractivity contribution is 9.10. The topological polar surface area (TPSA) is 71.3 Å². The summed E-state index contributed by atoms with van der Waals surface area (Å²) >= 11 is 3.55. The van der Waals surface area contributed by atoms with Gasteiger partial charge in [-0.2, -0.15) is 5.26 Å². The Hall–Kier alpha value is -3.56. The van der Waals surface area contributed by atoms with Crippen molar-refractivity contribution < 1.29 is 14.3 Å². The largest absolute Gasteiger partial charge is 0.490 e. The Morgan fingerprint density at radius 2 is 1.82 bits per heavy atom. The number of nitrogens with zero attached hydrogens (tertiary/aromatic N) is 1. The lowest BCUT2D eigenvalue weighted by Crippen LogP contribution is -2.13. The lowest BCUT2D eigenvalue weighted by molar-refractivity contribution is -0.112. The summed E-state index contributed by atoms with van der Waals surface area (Å²) < 4.78 is 12.5. The van der Waals surface area contributed by atoms with Gasteiger partial charge in [-0.1, -0.05) is 42.0 Å². The van der Waals surface area contributed by atoms with Gasteiger partial charge in [0, 0.05) is 5.69 Å². The summed E-state index contributed by atoms with van der Waals surface area (Å²) in [7, 11) is 0. The summed E-state index contributed by atoms with van der Waals surface area (Å²) in [6, 6.07) is 21.0. The van der Waals surface area contributed by atoms with Gasteiger partial charge in [0.2, 0.25) is 0 Å². The minimum absolute atomic E-state index is 0.0153. The fourth-order valence-electron chi connectivity index (χ4n) is 3.15. The number of amides is 1. The van der Waals surface area contributed by atoms with E-state index in [1.165, 1.54) is 6.08 Å². The average Bonchev–Trinajstić information content (AvgIpc) is 2.79. The molecular weight excluding hydrogens is 480 g/mol. The van der Waals surface area contributed by atoms with Gasteiger partial charge in [0.25, 0.3) is 5.91 Å². The highest BCUT2D eigenvalue weighted by atomic mass is 79.9. The molecule has 3 aromatic rings. The Balaban J connectivity index is 1.85. The molecule has 3 aromatic carbocycles. The number of halogens is 1. The first-order chi connectivity index (χ1) is 15.9. The van der Waals surface area contributed by atoms with Crippen LogP contribution in [0.3, 0.4) is 0 Å². The number of nitrogens with one attached hydrogen (secondary N) is 1. The molecule has 168 valence electrons. The minimum Gasteiger partial charge on any atom is -0.490 e. The molecule has 0 radical (unpaired) electrons. The lowest BCUT2D eigenvalue weighted by atomic mass is 10.1. The third-order valence-corrected chi connectivity index (χ3v) is 5.54. The van der Waals surface area contributed by atoms with Crippen molar-refractivity contribution in [3.63, 3.8) is 0 Å². The van der Waals surface area contributed by atoms with Crippen molar-refractivity contribution >= 4 is 33.6 Å². The monoisotopic (exact) mass is 504 g/mol. The van der Waals surface area contributed by atoms with E-state index in [0.717, 1.165) is 16.7 Å². The third kappa shape index (κ3) is 6.47. The van der Waals surface area contributed by atoms with Gasteiger partial charge in [-0.3, -0.25) is 4.79 Å². The van der Waals surface area contributed by atoms with Crippen molar-refractivity contribution in [1.29, 1.82) is 5.26 Å². The van der Waals surface area contributed by atoms with Crippen molar-refractivity contribution in [3.05, 3.63) is 93.0 Å². The van der Waals surface area contributed by atoms with Crippen LogP contribution in [-0.2, 0) is 11.4 Å². The standard InChI is InChI=1S/C27H25BrN2O3/c1-4-32-25-15-20(13-22(16-29)27(31)30-23-11-9-18(2)10-12-23)14-24(28)26(25)33-17-21-8-6-5-7-19(21)3/h5-15H,4,17H2,1-3H3,(H,30,31)/b22-13+. The zero-order valence-corrected chi connectivity index (χ0v) is 20.4.